The van der Waals surface area contributed by atoms with Crippen LogP contribution in [0.3, 0.4) is 0 Å². The van der Waals surface area contributed by atoms with Crippen molar-refractivity contribution in [3.63, 3.8) is 0 Å². The van der Waals surface area contributed by atoms with Crippen molar-refractivity contribution in [2.45, 2.75) is 90.6 Å². The molecular weight excluding hydrogens is 376 g/mol. The van der Waals surface area contributed by atoms with Crippen LogP contribution in [0.5, 0.6) is 0 Å². The van der Waals surface area contributed by atoms with Crippen molar-refractivity contribution in [1.82, 2.24) is 0 Å². The third-order valence-corrected chi connectivity index (χ3v) is 10.0. The molecule has 8 atom stereocenters. The van der Waals surface area contributed by atoms with Gasteiger partial charge in [-0.25, -0.2) is 4.79 Å². The van der Waals surface area contributed by atoms with Gasteiger partial charge in [-0.1, -0.05) is 19.9 Å². The summed E-state index contributed by atoms with van der Waals surface area (Å²) in [7, 11) is 0. The molecule has 0 amide bonds. The summed E-state index contributed by atoms with van der Waals surface area (Å²) in [6.45, 7) is 6.56. The monoisotopic (exact) mass is 412 g/mol. The number of ether oxygens (including phenoxy) is 1. The van der Waals surface area contributed by atoms with Gasteiger partial charge < -0.3 is 9.15 Å². The smallest absolute Gasteiger partial charge is 0.335 e. The van der Waals surface area contributed by atoms with E-state index in [0.29, 0.717) is 17.3 Å². The van der Waals surface area contributed by atoms with Gasteiger partial charge in [0.2, 0.25) is 0 Å². The summed E-state index contributed by atoms with van der Waals surface area (Å²) in [4.78, 5) is 23.3. The van der Waals surface area contributed by atoms with Crippen LogP contribution in [0.4, 0.5) is 0 Å². The lowest BCUT2D eigenvalue weighted by molar-refractivity contribution is -0.159. The summed E-state index contributed by atoms with van der Waals surface area (Å²) < 4.78 is 11.3. The number of hydrogen-bond acceptors (Lipinski definition) is 4. The zero-order valence-corrected chi connectivity index (χ0v) is 18.7. The third kappa shape index (κ3) is 3.08. The molecule has 1 aromatic rings. The molecule has 4 fully saturated rings. The van der Waals surface area contributed by atoms with E-state index in [2.05, 4.69) is 13.8 Å². The van der Waals surface area contributed by atoms with Crippen LogP contribution in [-0.4, -0.2) is 12.1 Å². The molecule has 4 nitrogen and oxygen atoms in total. The zero-order valence-electron chi connectivity index (χ0n) is 18.7. The van der Waals surface area contributed by atoms with Gasteiger partial charge in [-0.3, -0.25) is 4.79 Å². The van der Waals surface area contributed by atoms with Crippen LogP contribution in [0.2, 0.25) is 0 Å². The Morgan fingerprint density at radius 2 is 1.77 bits per heavy atom. The first-order chi connectivity index (χ1) is 14.3. The SMILES string of the molecule is CC(=O)O[C@@H]1CC[C@@]2(C)[C@@H](CC[C@@H]3[C@@H]2CC[C@]2(C)[C@@H](c4cccc(=O)o4)CC[C@@H]32)C1. The number of esters is 1. The Labute approximate surface area is 179 Å². The maximum absolute atomic E-state index is 11.8. The highest BCUT2D eigenvalue weighted by atomic mass is 16.5. The Bertz CT molecular complexity index is 874. The molecule has 4 saturated carbocycles. The highest BCUT2D eigenvalue weighted by Crippen LogP contribution is 2.69. The maximum Gasteiger partial charge on any atom is 0.335 e. The summed E-state index contributed by atoms with van der Waals surface area (Å²) in [5.41, 5.74) is 0.417. The molecule has 164 valence electrons. The van der Waals surface area contributed by atoms with Crippen LogP contribution >= 0.6 is 0 Å². The first-order valence-corrected chi connectivity index (χ1v) is 12.1. The summed E-state index contributed by atoms with van der Waals surface area (Å²) in [5.74, 6) is 4.15. The molecule has 4 aliphatic carbocycles. The van der Waals surface area contributed by atoms with Gasteiger partial charge in [-0.05, 0) is 98.4 Å². The topological polar surface area (TPSA) is 56.5 Å². The van der Waals surface area contributed by atoms with Crippen LogP contribution in [-0.2, 0) is 9.53 Å². The summed E-state index contributed by atoms with van der Waals surface area (Å²) >= 11 is 0. The van der Waals surface area contributed by atoms with Crippen LogP contribution in [0.15, 0.2) is 27.4 Å². The fourth-order valence-electron chi connectivity index (χ4n) is 8.62. The Balaban J connectivity index is 1.37. The Kier molecular flexibility index (Phi) is 4.91. The molecule has 0 radical (unpaired) electrons. The van der Waals surface area contributed by atoms with Crippen molar-refractivity contribution < 1.29 is 13.9 Å². The quantitative estimate of drug-likeness (QED) is 0.585. The first kappa shape index (κ1) is 20.3. The van der Waals surface area contributed by atoms with Gasteiger partial charge in [0.05, 0.1) is 0 Å². The second kappa shape index (κ2) is 7.24. The normalized spacial score (nSPS) is 45.2. The van der Waals surface area contributed by atoms with Gasteiger partial charge in [0.1, 0.15) is 11.9 Å². The molecule has 0 aliphatic heterocycles. The van der Waals surface area contributed by atoms with E-state index in [9.17, 15) is 9.59 Å². The average Bonchev–Trinajstić information content (AvgIpc) is 3.05. The number of carbonyl (C=O) groups is 1. The summed E-state index contributed by atoms with van der Waals surface area (Å²) in [6, 6.07) is 5.40. The third-order valence-electron chi connectivity index (χ3n) is 10.0. The fourth-order valence-corrected chi connectivity index (χ4v) is 8.62. The predicted molar refractivity (Wildman–Crippen MR) is 115 cm³/mol. The second-order valence-electron chi connectivity index (χ2n) is 11.2. The highest BCUT2D eigenvalue weighted by molar-refractivity contribution is 5.66. The minimum absolute atomic E-state index is 0.128. The maximum atomic E-state index is 11.8. The van der Waals surface area contributed by atoms with E-state index in [0.717, 1.165) is 42.8 Å². The van der Waals surface area contributed by atoms with Gasteiger partial charge in [0, 0.05) is 18.9 Å². The van der Waals surface area contributed by atoms with Crippen LogP contribution in [0.1, 0.15) is 90.2 Å². The van der Waals surface area contributed by atoms with Gasteiger partial charge in [-0.2, -0.15) is 0 Å². The number of fused-ring (bicyclic) bond motifs is 5. The molecule has 1 heterocycles. The number of rotatable bonds is 2. The van der Waals surface area contributed by atoms with Crippen molar-refractivity contribution in [3.05, 3.63) is 34.4 Å². The van der Waals surface area contributed by atoms with E-state index in [-0.39, 0.29) is 23.1 Å². The van der Waals surface area contributed by atoms with Crippen molar-refractivity contribution in [2.75, 3.05) is 0 Å². The van der Waals surface area contributed by atoms with E-state index in [1.807, 2.05) is 12.1 Å². The Hall–Kier alpha value is -1.58. The predicted octanol–water partition coefficient (Wildman–Crippen LogP) is 5.70. The lowest BCUT2D eigenvalue weighted by Crippen LogP contribution is -2.54. The molecular formula is C26H36O4. The Morgan fingerprint density at radius 1 is 1.00 bits per heavy atom. The van der Waals surface area contributed by atoms with Crippen LogP contribution in [0.25, 0.3) is 0 Å². The number of carbonyl (C=O) groups excluding carboxylic acids is 1. The minimum Gasteiger partial charge on any atom is -0.463 e. The molecule has 0 unspecified atom stereocenters. The first-order valence-electron chi connectivity index (χ1n) is 12.1. The average molecular weight is 413 g/mol. The second-order valence-corrected chi connectivity index (χ2v) is 11.2. The van der Waals surface area contributed by atoms with Crippen molar-refractivity contribution in [2.24, 2.45) is 34.5 Å². The van der Waals surface area contributed by atoms with Crippen molar-refractivity contribution in [1.29, 1.82) is 0 Å². The molecule has 0 N–H and O–H groups in total. The fraction of sp³-hybridized carbons (Fsp3) is 0.769. The summed E-state index contributed by atoms with van der Waals surface area (Å²) in [5, 5.41) is 0. The van der Waals surface area contributed by atoms with Gasteiger partial charge >= 0.3 is 11.6 Å². The lowest BCUT2D eigenvalue weighted by atomic mass is 9.44. The van der Waals surface area contributed by atoms with E-state index in [1.54, 1.807) is 0 Å². The van der Waals surface area contributed by atoms with E-state index < -0.39 is 0 Å². The molecule has 0 bridgehead atoms. The van der Waals surface area contributed by atoms with Gasteiger partial charge in [0.25, 0.3) is 0 Å². The van der Waals surface area contributed by atoms with Crippen LogP contribution in [0, 0.1) is 34.5 Å². The zero-order chi connectivity index (χ0) is 21.1. The minimum atomic E-state index is -0.217. The van der Waals surface area contributed by atoms with E-state index in [4.69, 9.17) is 9.15 Å². The standard InChI is InChI=1S/C26H36O4/c1-16(27)29-18-11-13-25(2)17(15-18)7-8-19-20-9-10-22(23-5-4-6-24(28)30-23)26(20,3)14-12-21(19)25/h4-6,17-22H,7-15H2,1-3H3/t17-,18+,19-,20-,21-,22+,25-,26-/m0/s1. The van der Waals surface area contributed by atoms with Gasteiger partial charge in [0.15, 0.2) is 0 Å². The van der Waals surface area contributed by atoms with Crippen LogP contribution < -0.4 is 5.63 Å². The van der Waals surface area contributed by atoms with Crippen molar-refractivity contribution >= 4 is 5.97 Å². The molecule has 30 heavy (non-hydrogen) atoms. The highest BCUT2D eigenvalue weighted by Gasteiger charge is 2.60. The van der Waals surface area contributed by atoms with E-state index >= 15 is 0 Å². The molecule has 4 aliphatic rings. The molecule has 0 spiro atoms. The Morgan fingerprint density at radius 3 is 2.53 bits per heavy atom. The number of hydrogen-bond donors (Lipinski definition) is 0. The molecule has 0 saturated heterocycles. The molecule has 5 rings (SSSR count). The van der Waals surface area contributed by atoms with Gasteiger partial charge in [-0.15, -0.1) is 0 Å². The molecule has 0 aromatic carbocycles. The summed E-state index contributed by atoms with van der Waals surface area (Å²) in [6.07, 6.45) is 10.9. The molecule has 4 heteroatoms. The molecule has 1 aromatic heterocycles. The lowest BCUT2D eigenvalue weighted by Gasteiger charge is -2.61. The largest absolute Gasteiger partial charge is 0.463 e. The van der Waals surface area contributed by atoms with E-state index in [1.165, 1.54) is 51.5 Å². The van der Waals surface area contributed by atoms with Crippen molar-refractivity contribution in [3.8, 4) is 0 Å².